The van der Waals surface area contributed by atoms with E-state index in [1.54, 1.807) is 24.3 Å². The van der Waals surface area contributed by atoms with Gasteiger partial charge in [-0.1, -0.05) is 18.2 Å². The molecule has 0 aliphatic heterocycles. The second-order valence-electron chi connectivity index (χ2n) is 6.28. The van der Waals surface area contributed by atoms with Crippen molar-refractivity contribution in [3.05, 3.63) is 72.3 Å². The molecule has 6 nitrogen and oxygen atoms in total. The number of para-hydroxylation sites is 1. The van der Waals surface area contributed by atoms with Crippen molar-refractivity contribution in [2.75, 3.05) is 22.8 Å². The van der Waals surface area contributed by atoms with E-state index in [9.17, 15) is 8.42 Å². The second-order valence-corrected chi connectivity index (χ2v) is 8.15. The highest BCUT2D eigenvalue weighted by Gasteiger charge is 2.25. The standard InChI is InChI=1S/C20H23N3O3S/c1-4-23(17-8-6-5-7-9-17)27(24,25)19-12-13-20(21-14-19)22(3)15-18-11-10-16(2)26-18/h5-14H,4,15H2,1-3H3/p+1. The Morgan fingerprint density at radius 3 is 2.33 bits per heavy atom. The van der Waals surface area contributed by atoms with Crippen LogP contribution in [0.4, 0.5) is 11.5 Å². The number of aryl methyl sites for hydroxylation is 1. The third kappa shape index (κ3) is 4.14. The maximum atomic E-state index is 13.0. The molecule has 3 aromatic rings. The lowest BCUT2D eigenvalue weighted by molar-refractivity contribution is -0.367. The fourth-order valence-corrected chi connectivity index (χ4v) is 4.34. The van der Waals surface area contributed by atoms with Gasteiger partial charge in [0.15, 0.2) is 0 Å². The summed E-state index contributed by atoms with van der Waals surface area (Å²) < 4.78 is 33.0. The molecule has 1 aromatic carbocycles. The summed E-state index contributed by atoms with van der Waals surface area (Å²) in [5.74, 6) is 2.51. The van der Waals surface area contributed by atoms with Crippen LogP contribution in [0.3, 0.4) is 0 Å². The minimum atomic E-state index is -3.64. The number of sulfonamides is 1. The first-order chi connectivity index (χ1) is 12.9. The van der Waals surface area contributed by atoms with Crippen LogP contribution in [-0.4, -0.2) is 22.0 Å². The van der Waals surface area contributed by atoms with Gasteiger partial charge in [0.1, 0.15) is 29.2 Å². The molecule has 0 saturated heterocycles. The van der Waals surface area contributed by atoms with Crippen molar-refractivity contribution in [1.29, 1.82) is 0 Å². The van der Waals surface area contributed by atoms with E-state index in [1.807, 2.05) is 56.1 Å². The SMILES string of the molecule is CCN(c1ccccc1)S(=O)(=O)c1ccc(N(C)Cc2ccc(C)o2)[nH+]c1. The number of rotatable bonds is 7. The summed E-state index contributed by atoms with van der Waals surface area (Å²) in [6.07, 6.45) is 1.53. The van der Waals surface area contributed by atoms with Crippen LogP contribution in [0.1, 0.15) is 18.4 Å². The molecular formula is C20H24N3O3S+. The van der Waals surface area contributed by atoms with Gasteiger partial charge in [-0.3, -0.25) is 9.21 Å². The van der Waals surface area contributed by atoms with E-state index in [2.05, 4.69) is 4.98 Å². The molecule has 0 atom stereocenters. The maximum absolute atomic E-state index is 13.0. The molecule has 0 aliphatic carbocycles. The van der Waals surface area contributed by atoms with E-state index < -0.39 is 10.0 Å². The van der Waals surface area contributed by atoms with Gasteiger partial charge < -0.3 is 4.42 Å². The van der Waals surface area contributed by atoms with Crippen molar-refractivity contribution < 1.29 is 17.8 Å². The number of anilines is 2. The van der Waals surface area contributed by atoms with E-state index in [0.717, 1.165) is 17.3 Å². The van der Waals surface area contributed by atoms with E-state index in [1.165, 1.54) is 10.5 Å². The quantitative estimate of drug-likeness (QED) is 0.625. The molecule has 1 N–H and O–H groups in total. The van der Waals surface area contributed by atoms with Gasteiger partial charge in [-0.05, 0) is 44.2 Å². The van der Waals surface area contributed by atoms with Crippen LogP contribution in [0.5, 0.6) is 0 Å². The Bertz CT molecular complexity index is 983. The molecule has 3 rings (SSSR count). The van der Waals surface area contributed by atoms with E-state index in [-0.39, 0.29) is 4.90 Å². The Labute approximate surface area is 160 Å². The third-order valence-corrected chi connectivity index (χ3v) is 6.19. The molecule has 0 amide bonds. The molecule has 0 fully saturated rings. The Kier molecular flexibility index (Phi) is 5.51. The predicted molar refractivity (Wildman–Crippen MR) is 105 cm³/mol. The van der Waals surface area contributed by atoms with E-state index >= 15 is 0 Å². The summed E-state index contributed by atoms with van der Waals surface area (Å²) in [4.78, 5) is 5.26. The first-order valence-electron chi connectivity index (χ1n) is 8.78. The molecule has 2 aromatic heterocycles. The Balaban J connectivity index is 1.81. The van der Waals surface area contributed by atoms with E-state index in [4.69, 9.17) is 4.42 Å². The van der Waals surface area contributed by atoms with Crippen LogP contribution >= 0.6 is 0 Å². The number of aromatic nitrogens is 1. The molecule has 0 bridgehead atoms. The topological polar surface area (TPSA) is 67.9 Å². The van der Waals surface area contributed by atoms with Gasteiger partial charge in [0.25, 0.3) is 15.8 Å². The molecule has 0 saturated carbocycles. The molecular weight excluding hydrogens is 362 g/mol. The summed E-state index contributed by atoms with van der Waals surface area (Å²) in [5, 5.41) is 0. The van der Waals surface area contributed by atoms with Crippen LogP contribution in [0.25, 0.3) is 0 Å². The van der Waals surface area contributed by atoms with Crippen molar-refractivity contribution in [1.82, 2.24) is 0 Å². The Morgan fingerprint density at radius 2 is 1.78 bits per heavy atom. The minimum Gasteiger partial charge on any atom is -0.462 e. The van der Waals surface area contributed by atoms with Gasteiger partial charge in [0.05, 0.1) is 12.7 Å². The summed E-state index contributed by atoms with van der Waals surface area (Å²) >= 11 is 0. The van der Waals surface area contributed by atoms with Gasteiger partial charge in [-0.15, -0.1) is 0 Å². The largest absolute Gasteiger partial charge is 0.462 e. The average molecular weight is 386 g/mol. The lowest BCUT2D eigenvalue weighted by Gasteiger charge is -2.22. The number of nitrogens with zero attached hydrogens (tertiary/aromatic N) is 2. The van der Waals surface area contributed by atoms with Crippen molar-refractivity contribution >= 4 is 21.5 Å². The summed E-state index contributed by atoms with van der Waals surface area (Å²) in [7, 11) is -1.72. The molecule has 2 heterocycles. The van der Waals surface area contributed by atoms with Crippen molar-refractivity contribution in [3.8, 4) is 0 Å². The Hall–Kier alpha value is -2.80. The number of hydrogen-bond donors (Lipinski definition) is 0. The van der Waals surface area contributed by atoms with Crippen LogP contribution in [0.2, 0.25) is 0 Å². The van der Waals surface area contributed by atoms with Gasteiger partial charge in [-0.2, -0.15) is 0 Å². The van der Waals surface area contributed by atoms with Crippen LogP contribution in [0, 0.1) is 6.92 Å². The monoisotopic (exact) mass is 386 g/mol. The smallest absolute Gasteiger partial charge is 0.274 e. The first kappa shape index (κ1) is 19.0. The number of furan rings is 1. The lowest BCUT2D eigenvalue weighted by atomic mass is 10.3. The molecule has 7 heteroatoms. The fourth-order valence-electron chi connectivity index (χ4n) is 2.90. The zero-order chi connectivity index (χ0) is 19.4. The minimum absolute atomic E-state index is 0.221. The van der Waals surface area contributed by atoms with Crippen LogP contribution in [-0.2, 0) is 16.6 Å². The van der Waals surface area contributed by atoms with Gasteiger partial charge in [0.2, 0.25) is 0 Å². The first-order valence-corrected chi connectivity index (χ1v) is 10.2. The van der Waals surface area contributed by atoms with Crippen molar-refractivity contribution in [2.45, 2.75) is 25.3 Å². The summed E-state index contributed by atoms with van der Waals surface area (Å²) in [5.41, 5.74) is 0.648. The van der Waals surface area contributed by atoms with Gasteiger partial charge in [-0.25, -0.2) is 13.4 Å². The average Bonchev–Trinajstić information content (AvgIpc) is 3.08. The van der Waals surface area contributed by atoms with Crippen LogP contribution < -0.4 is 14.2 Å². The lowest BCUT2D eigenvalue weighted by Crippen LogP contribution is -2.32. The molecule has 27 heavy (non-hydrogen) atoms. The normalized spacial score (nSPS) is 11.4. The van der Waals surface area contributed by atoms with Crippen molar-refractivity contribution in [3.63, 3.8) is 0 Å². The molecule has 142 valence electrons. The molecule has 0 unspecified atom stereocenters. The highest BCUT2D eigenvalue weighted by atomic mass is 32.2. The number of nitrogens with one attached hydrogen (secondary N) is 1. The van der Waals surface area contributed by atoms with Gasteiger partial charge >= 0.3 is 0 Å². The summed E-state index contributed by atoms with van der Waals surface area (Å²) in [6.45, 7) is 4.66. The Morgan fingerprint density at radius 1 is 1.04 bits per heavy atom. The van der Waals surface area contributed by atoms with Crippen LogP contribution in [0.15, 0.2) is 70.1 Å². The molecule has 0 spiro atoms. The molecule has 0 radical (unpaired) electrons. The molecule has 0 aliphatic rings. The fraction of sp³-hybridized carbons (Fsp3) is 0.250. The zero-order valence-electron chi connectivity index (χ0n) is 15.7. The number of aromatic amines is 1. The predicted octanol–water partition coefficient (Wildman–Crippen LogP) is 3.25. The number of H-pyrrole nitrogens is 1. The second kappa shape index (κ2) is 7.84. The third-order valence-electron chi connectivity index (χ3n) is 4.29. The summed E-state index contributed by atoms with van der Waals surface area (Å²) in [6, 6.07) is 16.3. The van der Waals surface area contributed by atoms with E-state index in [0.29, 0.717) is 18.8 Å². The van der Waals surface area contributed by atoms with Crippen molar-refractivity contribution in [2.24, 2.45) is 0 Å². The highest BCUT2D eigenvalue weighted by Crippen LogP contribution is 2.23. The number of benzene rings is 1. The highest BCUT2D eigenvalue weighted by molar-refractivity contribution is 7.92. The zero-order valence-corrected chi connectivity index (χ0v) is 16.5. The number of pyridine rings is 1. The number of hydrogen-bond acceptors (Lipinski definition) is 4. The maximum Gasteiger partial charge on any atom is 0.274 e. The van der Waals surface area contributed by atoms with Gasteiger partial charge in [0, 0.05) is 12.6 Å².